The molecule has 0 bridgehead atoms. The Balaban J connectivity index is 1.14. The molecular formula is C41H60O4. The van der Waals surface area contributed by atoms with Crippen molar-refractivity contribution in [1.29, 1.82) is 0 Å². The van der Waals surface area contributed by atoms with Crippen LogP contribution in [-0.2, 0) is 9.53 Å². The molecular weight excluding hydrogens is 556 g/mol. The number of carbonyl (C=O) groups excluding carboxylic acids is 1. The lowest BCUT2D eigenvalue weighted by Gasteiger charge is -2.63. The summed E-state index contributed by atoms with van der Waals surface area (Å²) in [7, 11) is 1.52. The summed E-state index contributed by atoms with van der Waals surface area (Å²) in [5, 5.41) is 9.89. The van der Waals surface area contributed by atoms with Crippen LogP contribution in [0.4, 0.5) is 0 Å². The lowest BCUT2D eigenvalue weighted by atomic mass is 9.41. The lowest BCUT2D eigenvalue weighted by molar-refractivity contribution is -0.179. The Morgan fingerprint density at radius 2 is 1.69 bits per heavy atom. The Kier molecular flexibility index (Phi) is 8.13. The summed E-state index contributed by atoms with van der Waals surface area (Å²) in [4.78, 5) is 13.1. The molecule has 5 saturated carbocycles. The van der Waals surface area contributed by atoms with E-state index < -0.39 is 0 Å². The average molecular weight is 617 g/mol. The quantitative estimate of drug-likeness (QED) is 0.170. The number of hydrogen-bond acceptors (Lipinski definition) is 4. The predicted octanol–water partition coefficient (Wildman–Crippen LogP) is 10.4. The first-order valence-corrected chi connectivity index (χ1v) is 18.1. The molecule has 4 nitrogen and oxygen atoms in total. The first kappa shape index (κ1) is 32.7. The van der Waals surface area contributed by atoms with Crippen LogP contribution in [-0.4, -0.2) is 24.3 Å². The fourth-order valence-corrected chi connectivity index (χ4v) is 12.5. The van der Waals surface area contributed by atoms with E-state index in [0.29, 0.717) is 39.2 Å². The highest BCUT2D eigenvalue weighted by Gasteiger charge is 2.82. The van der Waals surface area contributed by atoms with E-state index in [0.717, 1.165) is 29.7 Å². The number of hydrogen-bond donors (Lipinski definition) is 1. The fourth-order valence-electron chi connectivity index (χ4n) is 12.5. The van der Waals surface area contributed by atoms with Gasteiger partial charge in [0.25, 0.3) is 0 Å². The maximum Gasteiger partial charge on any atom is 0.331 e. The third-order valence-corrected chi connectivity index (χ3v) is 15.4. The van der Waals surface area contributed by atoms with E-state index in [2.05, 4.69) is 55.0 Å². The molecule has 9 unspecified atom stereocenters. The summed E-state index contributed by atoms with van der Waals surface area (Å²) in [6, 6.07) is 5.08. The number of phenols is 1. The van der Waals surface area contributed by atoms with E-state index in [1.165, 1.54) is 83.0 Å². The van der Waals surface area contributed by atoms with E-state index >= 15 is 0 Å². The van der Waals surface area contributed by atoms with Gasteiger partial charge in [0, 0.05) is 11.5 Å². The molecule has 248 valence electrons. The van der Waals surface area contributed by atoms with E-state index in [4.69, 9.17) is 9.47 Å². The summed E-state index contributed by atoms with van der Waals surface area (Å²) in [5.41, 5.74) is 3.99. The largest absolute Gasteiger partial charge is 0.504 e. The number of fused-ring (bicyclic) bond motifs is 2. The minimum absolute atomic E-state index is 0.0365. The third kappa shape index (κ3) is 4.85. The monoisotopic (exact) mass is 616 g/mol. The molecule has 0 radical (unpaired) electrons. The Morgan fingerprint density at radius 1 is 0.978 bits per heavy atom. The van der Waals surface area contributed by atoms with Gasteiger partial charge in [-0.15, -0.1) is 0 Å². The fraction of sp³-hybridized carbons (Fsp3) is 0.732. The van der Waals surface area contributed by atoms with Crippen molar-refractivity contribution in [3.8, 4) is 11.5 Å². The SMILES string of the molecule is C=C(CCC(C)C1CCC2(C)C3CCC4C(C)(C)C(OC(=O)/C=C/c5ccc(O)c(OC)c5)CCC45CC35CCC12C)C(C)C. The zero-order valence-corrected chi connectivity index (χ0v) is 29.5. The first-order valence-electron chi connectivity index (χ1n) is 18.1. The second-order valence-corrected chi connectivity index (χ2v) is 17.5. The van der Waals surface area contributed by atoms with Crippen LogP contribution in [0.5, 0.6) is 11.5 Å². The van der Waals surface area contributed by atoms with Crippen LogP contribution < -0.4 is 4.74 Å². The molecule has 0 saturated heterocycles. The molecule has 0 amide bonds. The molecule has 6 rings (SSSR count). The topological polar surface area (TPSA) is 55.8 Å². The van der Waals surface area contributed by atoms with Crippen molar-refractivity contribution in [1.82, 2.24) is 0 Å². The van der Waals surface area contributed by atoms with Crippen molar-refractivity contribution in [3.05, 3.63) is 42.0 Å². The van der Waals surface area contributed by atoms with E-state index in [-0.39, 0.29) is 23.2 Å². The Morgan fingerprint density at radius 3 is 2.40 bits per heavy atom. The van der Waals surface area contributed by atoms with Gasteiger partial charge in [0.05, 0.1) is 7.11 Å². The van der Waals surface area contributed by atoms with Gasteiger partial charge in [0.1, 0.15) is 6.10 Å². The second-order valence-electron chi connectivity index (χ2n) is 17.5. The summed E-state index contributed by atoms with van der Waals surface area (Å²) in [5.74, 6) is 3.84. The number of rotatable bonds is 9. The molecule has 5 fully saturated rings. The standard InChI is InChI=1S/C41H60O4/c1-26(2)27(3)10-11-28(4)30-18-20-39(8)34-16-15-33-37(5,6)35(19-21-40(33)25-41(34,40)23-22-38(30,39)7)45-36(43)17-13-29-12-14-31(42)32(24-29)44-9/h12-14,17,24,26,28,30,33-35,42H,3,10-11,15-16,18-23,25H2,1-2,4-9H3/b17-13+. The minimum atomic E-state index is -0.278. The number of aromatic hydroxyl groups is 1. The lowest BCUT2D eigenvalue weighted by Crippen LogP contribution is -2.58. The van der Waals surface area contributed by atoms with Gasteiger partial charge in [0.15, 0.2) is 11.5 Å². The third-order valence-electron chi connectivity index (χ3n) is 15.4. The van der Waals surface area contributed by atoms with Gasteiger partial charge in [-0.1, -0.05) is 66.7 Å². The number of ether oxygens (including phenoxy) is 2. The molecule has 5 aliphatic rings. The van der Waals surface area contributed by atoms with Crippen molar-refractivity contribution >= 4 is 12.0 Å². The van der Waals surface area contributed by atoms with Gasteiger partial charge < -0.3 is 14.6 Å². The van der Waals surface area contributed by atoms with Crippen LogP contribution >= 0.6 is 0 Å². The van der Waals surface area contributed by atoms with Crippen LogP contribution in [0.15, 0.2) is 36.4 Å². The van der Waals surface area contributed by atoms with Crippen LogP contribution in [0.2, 0.25) is 0 Å². The Labute approximate surface area is 273 Å². The van der Waals surface area contributed by atoms with Crippen LogP contribution in [0.25, 0.3) is 6.08 Å². The minimum Gasteiger partial charge on any atom is -0.504 e. The van der Waals surface area contributed by atoms with Crippen LogP contribution in [0.3, 0.4) is 0 Å². The molecule has 4 heteroatoms. The molecule has 45 heavy (non-hydrogen) atoms. The predicted molar refractivity (Wildman–Crippen MR) is 183 cm³/mol. The molecule has 0 heterocycles. The van der Waals surface area contributed by atoms with Gasteiger partial charge in [-0.2, -0.15) is 0 Å². The molecule has 1 N–H and O–H groups in total. The molecule has 0 aliphatic heterocycles. The summed E-state index contributed by atoms with van der Waals surface area (Å²) >= 11 is 0. The van der Waals surface area contributed by atoms with Gasteiger partial charge in [-0.3, -0.25) is 0 Å². The maximum absolute atomic E-state index is 13.1. The molecule has 1 aromatic rings. The number of phenolic OH excluding ortho intramolecular Hbond substituents is 1. The zero-order valence-electron chi connectivity index (χ0n) is 29.5. The highest BCUT2D eigenvalue weighted by Crippen LogP contribution is 2.89. The van der Waals surface area contributed by atoms with Crippen molar-refractivity contribution < 1.29 is 19.4 Å². The number of allylic oxidation sites excluding steroid dienone is 1. The van der Waals surface area contributed by atoms with Crippen molar-refractivity contribution in [2.75, 3.05) is 7.11 Å². The number of carbonyl (C=O) groups is 1. The van der Waals surface area contributed by atoms with Crippen molar-refractivity contribution in [3.63, 3.8) is 0 Å². The molecule has 9 atom stereocenters. The summed E-state index contributed by atoms with van der Waals surface area (Å²) in [6.45, 7) is 21.7. The van der Waals surface area contributed by atoms with Crippen LogP contribution in [0, 0.1) is 56.7 Å². The second kappa shape index (κ2) is 11.2. The van der Waals surface area contributed by atoms with Gasteiger partial charge in [0.2, 0.25) is 0 Å². The Bertz CT molecular complexity index is 1360. The molecule has 5 aliphatic carbocycles. The van der Waals surface area contributed by atoms with Gasteiger partial charge in [-0.25, -0.2) is 4.79 Å². The van der Waals surface area contributed by atoms with Crippen molar-refractivity contribution in [2.24, 2.45) is 56.7 Å². The van der Waals surface area contributed by atoms with Gasteiger partial charge >= 0.3 is 5.97 Å². The number of methoxy groups -OCH3 is 1. The average Bonchev–Trinajstić information content (AvgIpc) is 3.58. The van der Waals surface area contributed by atoms with Gasteiger partial charge in [-0.05, 0) is 146 Å². The Hall–Kier alpha value is -2.23. The first-order chi connectivity index (χ1) is 21.1. The van der Waals surface area contributed by atoms with E-state index in [1.807, 2.05) is 0 Å². The number of esters is 1. The molecule has 1 aromatic carbocycles. The summed E-state index contributed by atoms with van der Waals surface area (Å²) < 4.78 is 11.5. The molecule has 2 spiro atoms. The normalized spacial score (nSPS) is 40.2. The maximum atomic E-state index is 13.1. The van der Waals surface area contributed by atoms with Crippen LogP contribution in [0.1, 0.15) is 125 Å². The van der Waals surface area contributed by atoms with E-state index in [9.17, 15) is 9.90 Å². The highest BCUT2D eigenvalue weighted by atomic mass is 16.5. The highest BCUT2D eigenvalue weighted by molar-refractivity contribution is 5.87. The van der Waals surface area contributed by atoms with Crippen molar-refractivity contribution in [2.45, 2.75) is 125 Å². The smallest absolute Gasteiger partial charge is 0.331 e. The molecule has 0 aromatic heterocycles. The number of benzene rings is 1. The summed E-state index contributed by atoms with van der Waals surface area (Å²) in [6.07, 6.45) is 17.5. The zero-order chi connectivity index (χ0) is 32.6. The van der Waals surface area contributed by atoms with E-state index in [1.54, 1.807) is 24.3 Å².